The zero-order valence-corrected chi connectivity index (χ0v) is 11.7. The maximum absolute atomic E-state index is 11.6. The molecule has 0 atom stereocenters. The minimum atomic E-state index is -0.511. The number of hydrogen-bond acceptors (Lipinski definition) is 8. The molecular formula is C12H11N3O5S. The average molecular weight is 309 g/mol. The maximum Gasteiger partial charge on any atom is 0.326 e. The Bertz CT molecular complexity index is 639. The van der Waals surface area contributed by atoms with E-state index in [9.17, 15) is 9.59 Å². The second-order valence-corrected chi connectivity index (χ2v) is 5.22. The van der Waals surface area contributed by atoms with Gasteiger partial charge < -0.3 is 18.5 Å². The number of rotatable bonds is 5. The standard InChI is InChI=1S/C12H11N3O5S/c16-10(6-15-3-5-21-12(15)17)19-7-9-13-14-11(20-9)8-2-1-4-18-8/h1-2,4H,3,5-7H2. The van der Waals surface area contributed by atoms with Crippen molar-refractivity contribution >= 4 is 23.0 Å². The van der Waals surface area contributed by atoms with Gasteiger partial charge in [0.1, 0.15) is 6.54 Å². The number of ether oxygens (including phenoxy) is 1. The molecule has 0 radical (unpaired) electrons. The summed E-state index contributed by atoms with van der Waals surface area (Å²) in [6, 6.07) is 3.38. The van der Waals surface area contributed by atoms with Crippen LogP contribution in [0.1, 0.15) is 5.89 Å². The molecule has 0 saturated carbocycles. The van der Waals surface area contributed by atoms with Crippen LogP contribution in [0.5, 0.6) is 0 Å². The molecule has 3 rings (SSSR count). The van der Waals surface area contributed by atoms with Gasteiger partial charge in [0, 0.05) is 12.3 Å². The first kappa shape index (κ1) is 13.7. The first-order valence-electron chi connectivity index (χ1n) is 6.16. The van der Waals surface area contributed by atoms with Crippen molar-refractivity contribution in [2.75, 3.05) is 18.8 Å². The van der Waals surface area contributed by atoms with E-state index < -0.39 is 5.97 Å². The fourth-order valence-electron chi connectivity index (χ4n) is 1.72. The third-order valence-corrected chi connectivity index (χ3v) is 3.61. The van der Waals surface area contributed by atoms with E-state index in [1.807, 2.05) is 0 Å². The van der Waals surface area contributed by atoms with Crippen molar-refractivity contribution in [1.29, 1.82) is 0 Å². The summed E-state index contributed by atoms with van der Waals surface area (Å²) in [5.41, 5.74) is 0. The summed E-state index contributed by atoms with van der Waals surface area (Å²) in [4.78, 5) is 24.4. The van der Waals surface area contributed by atoms with E-state index >= 15 is 0 Å². The van der Waals surface area contributed by atoms with Gasteiger partial charge in [-0.15, -0.1) is 10.2 Å². The number of carbonyl (C=O) groups excluding carboxylic acids is 2. The molecule has 0 unspecified atom stereocenters. The lowest BCUT2D eigenvalue weighted by molar-refractivity contribution is -0.146. The summed E-state index contributed by atoms with van der Waals surface area (Å²) in [6.45, 7) is 0.356. The molecule has 0 aliphatic carbocycles. The molecule has 0 aromatic carbocycles. The van der Waals surface area contributed by atoms with Gasteiger partial charge in [0.05, 0.1) is 6.26 Å². The van der Waals surface area contributed by atoms with Crippen LogP contribution in [0.3, 0.4) is 0 Å². The normalized spacial score (nSPS) is 14.7. The monoisotopic (exact) mass is 309 g/mol. The molecule has 0 bridgehead atoms. The molecule has 21 heavy (non-hydrogen) atoms. The van der Waals surface area contributed by atoms with Crippen molar-refractivity contribution in [1.82, 2.24) is 15.1 Å². The van der Waals surface area contributed by atoms with Gasteiger partial charge in [-0.1, -0.05) is 11.8 Å². The van der Waals surface area contributed by atoms with E-state index in [1.165, 1.54) is 22.9 Å². The zero-order chi connectivity index (χ0) is 14.7. The van der Waals surface area contributed by atoms with Gasteiger partial charge in [-0.25, -0.2) is 0 Å². The number of furan rings is 1. The summed E-state index contributed by atoms with van der Waals surface area (Å²) in [6.07, 6.45) is 1.49. The average Bonchev–Trinajstić information content (AvgIpc) is 3.18. The zero-order valence-electron chi connectivity index (χ0n) is 10.9. The van der Waals surface area contributed by atoms with E-state index in [4.69, 9.17) is 13.6 Å². The van der Waals surface area contributed by atoms with E-state index in [0.29, 0.717) is 18.1 Å². The maximum atomic E-state index is 11.6. The van der Waals surface area contributed by atoms with Crippen LogP contribution in [-0.4, -0.2) is 45.1 Å². The van der Waals surface area contributed by atoms with Gasteiger partial charge in [0.15, 0.2) is 12.4 Å². The Hall–Kier alpha value is -2.29. The number of carbonyl (C=O) groups is 2. The summed E-state index contributed by atoms with van der Waals surface area (Å²) < 4.78 is 15.4. The molecule has 1 amide bonds. The van der Waals surface area contributed by atoms with E-state index in [-0.39, 0.29) is 30.2 Å². The largest absolute Gasteiger partial charge is 0.459 e. The molecule has 3 heterocycles. The Morgan fingerprint density at radius 2 is 2.38 bits per heavy atom. The predicted octanol–water partition coefficient (Wildman–Crippen LogP) is 1.54. The second-order valence-electron chi connectivity index (χ2n) is 4.17. The van der Waals surface area contributed by atoms with Crippen LogP contribution >= 0.6 is 11.8 Å². The lowest BCUT2D eigenvalue weighted by Gasteiger charge is -2.12. The molecule has 0 N–H and O–H groups in total. The Morgan fingerprint density at radius 3 is 3.10 bits per heavy atom. The molecule has 0 spiro atoms. The second kappa shape index (κ2) is 6.00. The fourth-order valence-corrected chi connectivity index (χ4v) is 2.55. The van der Waals surface area contributed by atoms with E-state index in [2.05, 4.69) is 10.2 Å². The predicted molar refractivity (Wildman–Crippen MR) is 71.2 cm³/mol. The van der Waals surface area contributed by atoms with Crippen molar-refractivity contribution in [3.63, 3.8) is 0 Å². The minimum absolute atomic E-state index is 0.0645. The number of thioether (sulfide) groups is 1. The number of aromatic nitrogens is 2. The molecular weight excluding hydrogens is 298 g/mol. The summed E-state index contributed by atoms with van der Waals surface area (Å²) >= 11 is 1.19. The van der Waals surface area contributed by atoms with E-state index in [1.54, 1.807) is 12.1 Å². The topological polar surface area (TPSA) is 98.7 Å². The Kier molecular flexibility index (Phi) is 3.91. The summed E-state index contributed by atoms with van der Waals surface area (Å²) in [7, 11) is 0. The summed E-state index contributed by atoms with van der Waals surface area (Å²) in [5, 5.41) is 7.43. The van der Waals surface area contributed by atoms with Crippen LogP contribution in [-0.2, 0) is 16.1 Å². The van der Waals surface area contributed by atoms with Gasteiger partial charge in [-0.05, 0) is 12.1 Å². The van der Waals surface area contributed by atoms with Crippen LogP contribution in [0.15, 0.2) is 27.2 Å². The molecule has 1 aliphatic rings. The van der Waals surface area contributed by atoms with Crippen molar-refractivity contribution in [2.45, 2.75) is 6.61 Å². The highest BCUT2D eigenvalue weighted by molar-refractivity contribution is 8.13. The highest BCUT2D eigenvalue weighted by atomic mass is 32.2. The van der Waals surface area contributed by atoms with Crippen LogP contribution in [0.25, 0.3) is 11.7 Å². The first-order chi connectivity index (χ1) is 10.2. The van der Waals surface area contributed by atoms with Crippen LogP contribution < -0.4 is 0 Å². The lowest BCUT2D eigenvalue weighted by Crippen LogP contribution is -2.30. The van der Waals surface area contributed by atoms with Gasteiger partial charge >= 0.3 is 5.97 Å². The van der Waals surface area contributed by atoms with Gasteiger partial charge in [-0.3, -0.25) is 9.59 Å². The van der Waals surface area contributed by atoms with Crippen LogP contribution in [0.2, 0.25) is 0 Å². The fraction of sp³-hybridized carbons (Fsp3) is 0.333. The number of amides is 1. The van der Waals surface area contributed by atoms with Crippen molar-refractivity contribution in [3.8, 4) is 11.7 Å². The third kappa shape index (κ3) is 3.24. The molecule has 2 aromatic heterocycles. The van der Waals surface area contributed by atoms with Crippen molar-refractivity contribution in [3.05, 3.63) is 24.3 Å². The van der Waals surface area contributed by atoms with E-state index in [0.717, 1.165) is 0 Å². The molecule has 2 aromatic rings. The van der Waals surface area contributed by atoms with Crippen molar-refractivity contribution < 1.29 is 23.2 Å². The van der Waals surface area contributed by atoms with Gasteiger partial charge in [0.2, 0.25) is 0 Å². The molecule has 1 aliphatic heterocycles. The first-order valence-corrected chi connectivity index (χ1v) is 7.14. The van der Waals surface area contributed by atoms with Crippen LogP contribution in [0.4, 0.5) is 4.79 Å². The Balaban J connectivity index is 1.51. The molecule has 110 valence electrons. The summed E-state index contributed by atoms with van der Waals surface area (Å²) in [5.74, 6) is 1.01. The number of nitrogens with zero attached hydrogens (tertiary/aromatic N) is 3. The van der Waals surface area contributed by atoms with Gasteiger partial charge in [-0.2, -0.15) is 0 Å². The quantitative estimate of drug-likeness (QED) is 0.767. The lowest BCUT2D eigenvalue weighted by atomic mass is 10.5. The highest BCUT2D eigenvalue weighted by Crippen LogP contribution is 2.19. The third-order valence-electron chi connectivity index (χ3n) is 2.72. The van der Waals surface area contributed by atoms with Crippen molar-refractivity contribution in [2.24, 2.45) is 0 Å². The smallest absolute Gasteiger partial charge is 0.326 e. The minimum Gasteiger partial charge on any atom is -0.459 e. The molecule has 1 saturated heterocycles. The Labute approximate surface area is 123 Å². The SMILES string of the molecule is O=C(CN1CCSC1=O)OCc1nnc(-c2ccco2)o1. The number of esters is 1. The highest BCUT2D eigenvalue weighted by Gasteiger charge is 2.24. The molecule has 9 heteroatoms. The molecule has 8 nitrogen and oxygen atoms in total. The number of hydrogen-bond donors (Lipinski definition) is 0. The Morgan fingerprint density at radius 1 is 1.48 bits per heavy atom. The van der Waals surface area contributed by atoms with Crippen LogP contribution in [0, 0.1) is 0 Å². The van der Waals surface area contributed by atoms with Gasteiger partial charge in [0.25, 0.3) is 17.0 Å². The molecule has 1 fully saturated rings.